The zero-order valence-corrected chi connectivity index (χ0v) is 17.9. The topological polar surface area (TPSA) is 69.3 Å². The van der Waals surface area contributed by atoms with Crippen LogP contribution < -0.4 is 19.5 Å². The minimum absolute atomic E-state index is 0.190. The van der Waals surface area contributed by atoms with Gasteiger partial charge in [-0.1, -0.05) is 12.1 Å². The Morgan fingerprint density at radius 1 is 1.10 bits per heavy atom. The van der Waals surface area contributed by atoms with Gasteiger partial charge in [0.15, 0.2) is 0 Å². The molecule has 1 aliphatic heterocycles. The van der Waals surface area contributed by atoms with E-state index in [1.807, 2.05) is 31.2 Å². The Bertz CT molecular complexity index is 824. The molecule has 0 bridgehead atoms. The molecule has 1 fully saturated rings. The maximum absolute atomic E-state index is 12.6. The van der Waals surface area contributed by atoms with Gasteiger partial charge in [-0.3, -0.25) is 9.69 Å². The average molecular weight is 415 g/mol. The summed E-state index contributed by atoms with van der Waals surface area (Å²) in [6.07, 6.45) is 0. The fourth-order valence-electron chi connectivity index (χ4n) is 3.36. The van der Waals surface area contributed by atoms with Gasteiger partial charge in [-0.25, -0.2) is 0 Å². The van der Waals surface area contributed by atoms with Crippen LogP contribution in [-0.4, -0.2) is 64.5 Å². The number of hydrogen-bond acceptors (Lipinski definition) is 6. The number of carbonyl (C=O) groups is 1. The highest BCUT2D eigenvalue weighted by Gasteiger charge is 2.14. The van der Waals surface area contributed by atoms with E-state index in [1.54, 1.807) is 26.4 Å². The number of methoxy groups -OCH3 is 2. The van der Waals surface area contributed by atoms with Crippen LogP contribution in [0, 0.1) is 6.92 Å². The number of nitrogens with zero attached hydrogens (tertiary/aromatic N) is 1. The monoisotopic (exact) mass is 414 g/mol. The molecule has 0 atom stereocenters. The molecule has 0 unspecified atom stereocenters. The van der Waals surface area contributed by atoms with Crippen LogP contribution in [0.1, 0.15) is 21.5 Å². The predicted molar refractivity (Wildman–Crippen MR) is 115 cm³/mol. The molecule has 0 radical (unpaired) electrons. The second-order valence-electron chi connectivity index (χ2n) is 7.14. The average Bonchev–Trinajstić information content (AvgIpc) is 2.78. The lowest BCUT2D eigenvalue weighted by molar-refractivity contribution is 0.0322. The van der Waals surface area contributed by atoms with Gasteiger partial charge in [-0.05, 0) is 36.8 Å². The Hall–Kier alpha value is -2.77. The summed E-state index contributed by atoms with van der Waals surface area (Å²) in [6.45, 7) is 7.26. The molecular formula is C23H30N2O5. The number of carbonyl (C=O) groups excluding carboxylic acids is 1. The summed E-state index contributed by atoms with van der Waals surface area (Å²) in [4.78, 5) is 15.0. The lowest BCUT2D eigenvalue weighted by atomic mass is 10.1. The molecule has 1 saturated heterocycles. The number of rotatable bonds is 9. The zero-order valence-electron chi connectivity index (χ0n) is 17.9. The first-order valence-corrected chi connectivity index (χ1v) is 10.1. The van der Waals surface area contributed by atoms with Crippen LogP contribution in [-0.2, 0) is 11.3 Å². The second kappa shape index (κ2) is 10.8. The van der Waals surface area contributed by atoms with E-state index in [0.29, 0.717) is 30.2 Å². The van der Waals surface area contributed by atoms with Crippen molar-refractivity contribution in [3.05, 3.63) is 53.1 Å². The Kier molecular flexibility index (Phi) is 7.93. The molecular weight excluding hydrogens is 384 g/mol. The maximum Gasteiger partial charge on any atom is 0.251 e. The van der Waals surface area contributed by atoms with Crippen molar-refractivity contribution >= 4 is 5.91 Å². The molecule has 7 nitrogen and oxygen atoms in total. The van der Waals surface area contributed by atoms with Gasteiger partial charge in [0.05, 0.1) is 27.4 Å². The molecule has 7 heteroatoms. The zero-order chi connectivity index (χ0) is 21.3. The van der Waals surface area contributed by atoms with E-state index in [4.69, 9.17) is 18.9 Å². The van der Waals surface area contributed by atoms with Crippen LogP contribution in [0.4, 0.5) is 0 Å². The first kappa shape index (κ1) is 21.9. The van der Waals surface area contributed by atoms with E-state index < -0.39 is 0 Å². The summed E-state index contributed by atoms with van der Waals surface area (Å²) >= 11 is 0. The van der Waals surface area contributed by atoms with Crippen LogP contribution >= 0.6 is 0 Å². The van der Waals surface area contributed by atoms with Crippen molar-refractivity contribution in [3.8, 4) is 17.2 Å². The molecule has 0 spiro atoms. The first-order valence-electron chi connectivity index (χ1n) is 10.1. The minimum Gasteiger partial charge on any atom is -0.496 e. The summed E-state index contributed by atoms with van der Waals surface area (Å²) in [6, 6.07) is 11.2. The summed E-state index contributed by atoms with van der Waals surface area (Å²) in [5.41, 5.74) is 2.32. The number of morpholine rings is 1. The maximum atomic E-state index is 12.6. The van der Waals surface area contributed by atoms with Crippen molar-refractivity contribution in [2.24, 2.45) is 0 Å². The van der Waals surface area contributed by atoms with Gasteiger partial charge in [0.2, 0.25) is 0 Å². The summed E-state index contributed by atoms with van der Waals surface area (Å²) in [5.74, 6) is 1.85. The van der Waals surface area contributed by atoms with Gasteiger partial charge in [0, 0.05) is 37.3 Å². The predicted octanol–water partition coefficient (Wildman–Crippen LogP) is 2.65. The molecule has 2 aromatic carbocycles. The van der Waals surface area contributed by atoms with Gasteiger partial charge in [0.1, 0.15) is 23.9 Å². The number of ether oxygens (including phenoxy) is 4. The van der Waals surface area contributed by atoms with E-state index in [-0.39, 0.29) is 5.91 Å². The molecule has 1 aliphatic rings. The fourth-order valence-corrected chi connectivity index (χ4v) is 3.36. The van der Waals surface area contributed by atoms with E-state index in [0.717, 1.165) is 49.7 Å². The summed E-state index contributed by atoms with van der Waals surface area (Å²) in [7, 11) is 3.15. The van der Waals surface area contributed by atoms with Crippen molar-refractivity contribution in [3.63, 3.8) is 0 Å². The van der Waals surface area contributed by atoms with Crippen LogP contribution in [0.3, 0.4) is 0 Å². The van der Waals surface area contributed by atoms with Crippen molar-refractivity contribution in [2.75, 3.05) is 53.7 Å². The largest absolute Gasteiger partial charge is 0.496 e. The molecule has 0 aromatic heterocycles. The van der Waals surface area contributed by atoms with E-state index in [9.17, 15) is 4.79 Å². The number of hydrogen-bond donors (Lipinski definition) is 1. The van der Waals surface area contributed by atoms with Crippen molar-refractivity contribution in [1.29, 1.82) is 0 Å². The van der Waals surface area contributed by atoms with Gasteiger partial charge in [-0.15, -0.1) is 0 Å². The van der Waals surface area contributed by atoms with Crippen molar-refractivity contribution in [1.82, 2.24) is 10.2 Å². The highest BCUT2D eigenvalue weighted by atomic mass is 16.5. The third kappa shape index (κ3) is 5.87. The van der Waals surface area contributed by atoms with Gasteiger partial charge in [-0.2, -0.15) is 0 Å². The summed E-state index contributed by atoms with van der Waals surface area (Å²) < 4.78 is 21.9. The molecule has 1 heterocycles. The van der Waals surface area contributed by atoms with Crippen LogP contribution in [0.25, 0.3) is 0 Å². The smallest absolute Gasteiger partial charge is 0.251 e. The highest BCUT2D eigenvalue weighted by Crippen LogP contribution is 2.29. The summed E-state index contributed by atoms with van der Waals surface area (Å²) in [5, 5.41) is 2.94. The Labute approximate surface area is 177 Å². The molecule has 30 heavy (non-hydrogen) atoms. The quantitative estimate of drug-likeness (QED) is 0.680. The molecule has 3 rings (SSSR count). The number of nitrogens with one attached hydrogen (secondary N) is 1. The number of benzene rings is 2. The van der Waals surface area contributed by atoms with Gasteiger partial charge >= 0.3 is 0 Å². The third-order valence-electron chi connectivity index (χ3n) is 5.15. The fraction of sp³-hybridized carbons (Fsp3) is 0.435. The molecule has 0 saturated carbocycles. The van der Waals surface area contributed by atoms with Crippen molar-refractivity contribution < 1.29 is 23.7 Å². The first-order chi connectivity index (χ1) is 14.6. The molecule has 1 N–H and O–H groups in total. The Balaban J connectivity index is 1.54. The van der Waals surface area contributed by atoms with Gasteiger partial charge in [0.25, 0.3) is 5.91 Å². The normalized spacial score (nSPS) is 14.2. The van der Waals surface area contributed by atoms with Crippen LogP contribution in [0.5, 0.6) is 17.2 Å². The van der Waals surface area contributed by atoms with E-state index >= 15 is 0 Å². The van der Waals surface area contributed by atoms with Gasteiger partial charge < -0.3 is 24.3 Å². The number of amides is 1. The third-order valence-corrected chi connectivity index (χ3v) is 5.15. The SMILES string of the molecule is COc1cc(C(=O)NCc2cccc(OCCN3CCOCC3)c2)cc(OC)c1C. The molecule has 162 valence electrons. The second-order valence-corrected chi connectivity index (χ2v) is 7.14. The van der Waals surface area contributed by atoms with E-state index in [2.05, 4.69) is 10.2 Å². The molecule has 0 aliphatic carbocycles. The lowest BCUT2D eigenvalue weighted by Crippen LogP contribution is -2.38. The van der Waals surface area contributed by atoms with Crippen LogP contribution in [0.2, 0.25) is 0 Å². The Morgan fingerprint density at radius 2 is 1.80 bits per heavy atom. The highest BCUT2D eigenvalue weighted by molar-refractivity contribution is 5.95. The van der Waals surface area contributed by atoms with Crippen LogP contribution in [0.15, 0.2) is 36.4 Å². The minimum atomic E-state index is -0.190. The Morgan fingerprint density at radius 3 is 2.47 bits per heavy atom. The standard InChI is InChI=1S/C23H30N2O5/c1-17-21(27-2)14-19(15-22(17)28-3)23(26)24-16-18-5-4-6-20(13-18)30-12-9-25-7-10-29-11-8-25/h4-6,13-15H,7-12,16H2,1-3H3,(H,24,26). The van der Waals surface area contributed by atoms with Crippen molar-refractivity contribution in [2.45, 2.75) is 13.5 Å². The molecule has 2 aromatic rings. The van der Waals surface area contributed by atoms with E-state index in [1.165, 1.54) is 0 Å². The molecule has 1 amide bonds. The lowest BCUT2D eigenvalue weighted by Gasteiger charge is -2.26.